The van der Waals surface area contributed by atoms with Crippen LogP contribution in [0.3, 0.4) is 0 Å². The number of halogens is 3. The van der Waals surface area contributed by atoms with E-state index < -0.39 is 11.7 Å². The summed E-state index contributed by atoms with van der Waals surface area (Å²) < 4.78 is 47.1. The van der Waals surface area contributed by atoms with Crippen LogP contribution in [0, 0.1) is 5.92 Å². The highest BCUT2D eigenvalue weighted by Crippen LogP contribution is 2.51. The molecule has 2 fully saturated rings. The Bertz CT molecular complexity index is 967. The van der Waals surface area contributed by atoms with E-state index in [2.05, 4.69) is 34.6 Å². The first-order chi connectivity index (χ1) is 16.4. The summed E-state index contributed by atoms with van der Waals surface area (Å²) in [7, 11) is 0. The summed E-state index contributed by atoms with van der Waals surface area (Å²) in [6, 6.07) is 14.8. The van der Waals surface area contributed by atoms with Gasteiger partial charge in [-0.15, -0.1) is 0 Å². The predicted molar refractivity (Wildman–Crippen MR) is 128 cm³/mol. The van der Waals surface area contributed by atoms with Crippen LogP contribution in [0.15, 0.2) is 48.5 Å². The van der Waals surface area contributed by atoms with Gasteiger partial charge in [-0.25, -0.2) is 0 Å². The third-order valence-electron chi connectivity index (χ3n) is 7.79. The van der Waals surface area contributed by atoms with Gasteiger partial charge in [-0.05, 0) is 62.5 Å². The highest BCUT2D eigenvalue weighted by Gasteiger charge is 2.43. The van der Waals surface area contributed by atoms with Crippen LogP contribution in [0.5, 0.6) is 0 Å². The summed E-state index contributed by atoms with van der Waals surface area (Å²) in [5.74, 6) is 0.0834. The van der Waals surface area contributed by atoms with E-state index in [0.717, 1.165) is 49.8 Å². The molecule has 2 N–H and O–H groups in total. The monoisotopic (exact) mass is 473 g/mol. The molecule has 3 aliphatic rings. The normalized spacial score (nSPS) is 29.4. The van der Waals surface area contributed by atoms with Crippen molar-refractivity contribution in [2.24, 2.45) is 5.92 Å². The van der Waals surface area contributed by atoms with Gasteiger partial charge in [0.15, 0.2) is 0 Å². The molecule has 0 aliphatic carbocycles. The average molecular weight is 474 g/mol. The molecule has 3 aliphatic heterocycles. The van der Waals surface area contributed by atoms with Crippen LogP contribution >= 0.6 is 0 Å². The lowest BCUT2D eigenvalue weighted by Crippen LogP contribution is -2.44. The predicted octanol–water partition coefficient (Wildman–Crippen LogP) is 5.78. The molecule has 5 rings (SSSR count). The summed E-state index contributed by atoms with van der Waals surface area (Å²) >= 11 is 0. The van der Waals surface area contributed by atoms with Crippen molar-refractivity contribution in [3.63, 3.8) is 0 Å². The Kier molecular flexibility index (Phi) is 6.87. The summed E-state index contributed by atoms with van der Waals surface area (Å²) in [4.78, 5) is 2.51. The number of ether oxygens (including phenoxy) is 1. The van der Waals surface area contributed by atoms with E-state index in [1.807, 2.05) is 18.2 Å². The number of anilines is 1. The Labute approximate surface area is 199 Å². The molecule has 34 heavy (non-hydrogen) atoms. The smallest absolute Gasteiger partial charge is 0.378 e. The Morgan fingerprint density at radius 3 is 2.65 bits per heavy atom. The largest absolute Gasteiger partial charge is 0.416 e. The van der Waals surface area contributed by atoms with Crippen molar-refractivity contribution < 1.29 is 17.9 Å². The first-order valence-corrected chi connectivity index (χ1v) is 12.6. The zero-order valence-electron chi connectivity index (χ0n) is 19.7. The molecule has 0 bridgehead atoms. The molecule has 4 nitrogen and oxygen atoms in total. The highest BCUT2D eigenvalue weighted by atomic mass is 19.4. The van der Waals surface area contributed by atoms with Gasteiger partial charge in [-0.3, -0.25) is 4.90 Å². The van der Waals surface area contributed by atoms with Crippen molar-refractivity contribution in [1.29, 1.82) is 0 Å². The fourth-order valence-electron chi connectivity index (χ4n) is 6.03. The number of hydrogen-bond donors (Lipinski definition) is 2. The molecule has 0 saturated carbocycles. The van der Waals surface area contributed by atoms with E-state index in [-0.39, 0.29) is 24.2 Å². The van der Waals surface area contributed by atoms with Crippen molar-refractivity contribution in [2.45, 2.75) is 63.1 Å². The standard InChI is InChI=1S/C27H34F3N3O/c1-2-33-14-6-9-20(33)16-31-17-21-11-12-22-25(18-7-4-3-5-8-18)32-24-13-10-19(27(28,29)30)15-23(24)26(22)34-21/h3-5,7-8,10,13,15,20-22,25-26,31-32H,2,6,9,11-12,14,16-17H2,1H3/t20-,21-,22+,25+,26+/m1/s1. The first-order valence-electron chi connectivity index (χ1n) is 12.6. The van der Waals surface area contributed by atoms with Gasteiger partial charge < -0.3 is 15.4 Å². The second-order valence-corrected chi connectivity index (χ2v) is 9.84. The molecular formula is C27H34F3N3O. The minimum absolute atomic E-state index is 0.00496. The fraction of sp³-hybridized carbons (Fsp3) is 0.556. The molecule has 0 radical (unpaired) electrons. The third kappa shape index (κ3) is 4.83. The highest BCUT2D eigenvalue weighted by molar-refractivity contribution is 5.58. The van der Waals surface area contributed by atoms with Crippen LogP contribution in [0.4, 0.5) is 18.9 Å². The maximum absolute atomic E-state index is 13.5. The lowest BCUT2D eigenvalue weighted by Gasteiger charge is -2.46. The maximum Gasteiger partial charge on any atom is 0.416 e. The number of alkyl halides is 3. The second kappa shape index (κ2) is 9.88. The number of likely N-dealkylation sites (N-methyl/N-ethyl adjacent to an activating group) is 1. The molecule has 7 heteroatoms. The van der Waals surface area contributed by atoms with Crippen molar-refractivity contribution in [3.8, 4) is 0 Å². The average Bonchev–Trinajstić information content (AvgIpc) is 3.30. The number of hydrogen-bond acceptors (Lipinski definition) is 4. The topological polar surface area (TPSA) is 36.5 Å². The quantitative estimate of drug-likeness (QED) is 0.558. The van der Waals surface area contributed by atoms with E-state index in [1.165, 1.54) is 25.5 Å². The summed E-state index contributed by atoms with van der Waals surface area (Å²) in [5.41, 5.74) is 1.89. The van der Waals surface area contributed by atoms with Crippen LogP contribution in [0.2, 0.25) is 0 Å². The Morgan fingerprint density at radius 2 is 1.88 bits per heavy atom. The van der Waals surface area contributed by atoms with Gasteiger partial charge in [0.25, 0.3) is 0 Å². The molecule has 0 aromatic heterocycles. The van der Waals surface area contributed by atoms with Gasteiger partial charge in [0, 0.05) is 36.3 Å². The molecular weight excluding hydrogens is 439 g/mol. The van der Waals surface area contributed by atoms with Gasteiger partial charge in [0.1, 0.15) is 0 Å². The number of rotatable bonds is 6. The van der Waals surface area contributed by atoms with E-state index in [4.69, 9.17) is 4.74 Å². The fourth-order valence-corrected chi connectivity index (χ4v) is 6.03. The van der Waals surface area contributed by atoms with Crippen molar-refractivity contribution in [2.75, 3.05) is 31.5 Å². The zero-order valence-corrected chi connectivity index (χ0v) is 19.7. The molecule has 3 heterocycles. The van der Waals surface area contributed by atoms with Gasteiger partial charge in [-0.1, -0.05) is 37.3 Å². The molecule has 2 aromatic rings. The summed E-state index contributed by atoms with van der Waals surface area (Å²) in [6.07, 6.45) is -0.467. The second-order valence-electron chi connectivity index (χ2n) is 9.84. The third-order valence-corrected chi connectivity index (χ3v) is 7.79. The number of nitrogens with zero attached hydrogens (tertiary/aromatic N) is 1. The van der Waals surface area contributed by atoms with Gasteiger partial charge in [-0.2, -0.15) is 13.2 Å². The Balaban J connectivity index is 1.35. The van der Waals surface area contributed by atoms with Crippen molar-refractivity contribution in [3.05, 3.63) is 65.2 Å². The SMILES string of the molecule is CCN1CCC[C@@H]1CNC[C@H]1CC[C@@H]2[C@H](O1)c1cc(C(F)(F)F)ccc1N[C@H]2c1ccccc1. The minimum Gasteiger partial charge on any atom is -0.378 e. The number of nitrogens with one attached hydrogen (secondary N) is 2. The van der Waals surface area contributed by atoms with Crippen LogP contribution < -0.4 is 10.6 Å². The number of likely N-dealkylation sites (tertiary alicyclic amines) is 1. The summed E-state index contributed by atoms with van der Waals surface area (Å²) in [6.45, 7) is 6.11. The Morgan fingerprint density at radius 1 is 1.06 bits per heavy atom. The van der Waals surface area contributed by atoms with E-state index >= 15 is 0 Å². The van der Waals surface area contributed by atoms with Crippen LogP contribution in [-0.2, 0) is 10.9 Å². The van der Waals surface area contributed by atoms with Crippen LogP contribution in [-0.4, -0.2) is 43.2 Å². The Hall–Kier alpha value is -2.09. The van der Waals surface area contributed by atoms with Crippen molar-refractivity contribution in [1.82, 2.24) is 10.2 Å². The molecule has 0 spiro atoms. The minimum atomic E-state index is -4.37. The lowest BCUT2D eigenvalue weighted by atomic mass is 9.76. The molecule has 0 amide bonds. The molecule has 5 atom stereocenters. The molecule has 2 saturated heterocycles. The molecule has 2 aromatic carbocycles. The van der Waals surface area contributed by atoms with Crippen molar-refractivity contribution >= 4 is 5.69 Å². The van der Waals surface area contributed by atoms with E-state index in [1.54, 1.807) is 6.07 Å². The lowest BCUT2D eigenvalue weighted by molar-refractivity contribution is -0.138. The number of fused-ring (bicyclic) bond motifs is 3. The molecule has 184 valence electrons. The van der Waals surface area contributed by atoms with Crippen LogP contribution in [0.25, 0.3) is 0 Å². The summed E-state index contributed by atoms with van der Waals surface area (Å²) in [5, 5.41) is 7.13. The zero-order chi connectivity index (χ0) is 23.7. The molecule has 0 unspecified atom stereocenters. The van der Waals surface area contributed by atoms with Gasteiger partial charge >= 0.3 is 6.18 Å². The van der Waals surface area contributed by atoms with E-state index in [9.17, 15) is 13.2 Å². The maximum atomic E-state index is 13.5. The van der Waals surface area contributed by atoms with Crippen LogP contribution in [0.1, 0.15) is 61.4 Å². The number of benzene rings is 2. The first kappa shape index (κ1) is 23.6. The van der Waals surface area contributed by atoms with E-state index in [0.29, 0.717) is 11.6 Å². The van der Waals surface area contributed by atoms with Gasteiger partial charge in [0.2, 0.25) is 0 Å². The van der Waals surface area contributed by atoms with Gasteiger partial charge in [0.05, 0.1) is 23.8 Å².